The van der Waals surface area contributed by atoms with Crippen molar-refractivity contribution in [1.29, 1.82) is 0 Å². The molecule has 1 N–H and O–H groups in total. The van der Waals surface area contributed by atoms with Crippen LogP contribution in [-0.2, 0) is 0 Å². The van der Waals surface area contributed by atoms with Gasteiger partial charge in [-0.15, -0.1) is 0 Å². The Morgan fingerprint density at radius 1 is 1.41 bits per heavy atom. The van der Waals surface area contributed by atoms with Crippen molar-refractivity contribution >= 4 is 23.5 Å². The summed E-state index contributed by atoms with van der Waals surface area (Å²) in [5.74, 6) is 0.537. The van der Waals surface area contributed by atoms with Crippen molar-refractivity contribution in [1.82, 2.24) is 14.9 Å². The van der Waals surface area contributed by atoms with Gasteiger partial charge in [0, 0.05) is 32.1 Å². The summed E-state index contributed by atoms with van der Waals surface area (Å²) in [6.07, 6.45) is 4.16. The van der Waals surface area contributed by atoms with E-state index in [9.17, 15) is 9.90 Å². The lowest BCUT2D eigenvalue weighted by Gasteiger charge is -2.20. The molecule has 2 atom stereocenters. The molecule has 0 spiro atoms. The Kier molecular flexibility index (Phi) is 4.49. The molecule has 0 radical (unpaired) electrons. The largest absolute Gasteiger partial charge is 0.393 e. The van der Waals surface area contributed by atoms with E-state index in [0.29, 0.717) is 19.0 Å². The van der Waals surface area contributed by atoms with E-state index < -0.39 is 6.10 Å². The van der Waals surface area contributed by atoms with E-state index in [0.717, 1.165) is 32.4 Å². The normalized spacial score (nSPS) is 23.1. The first-order valence-corrected chi connectivity index (χ1v) is 8.19. The van der Waals surface area contributed by atoms with Gasteiger partial charge in [-0.3, -0.25) is 4.79 Å². The Morgan fingerprint density at radius 3 is 2.77 bits per heavy atom. The number of aliphatic hydroxyl groups is 1. The number of carbonyl (C=O) groups is 1. The van der Waals surface area contributed by atoms with Crippen LogP contribution >= 0.6 is 11.6 Å². The number of likely N-dealkylation sites (tertiary alicyclic amines) is 1. The molecule has 2 fully saturated rings. The second kappa shape index (κ2) is 6.38. The van der Waals surface area contributed by atoms with Gasteiger partial charge in [0.1, 0.15) is 0 Å². The van der Waals surface area contributed by atoms with Crippen LogP contribution in [0.3, 0.4) is 0 Å². The van der Waals surface area contributed by atoms with E-state index in [-0.39, 0.29) is 22.5 Å². The fourth-order valence-electron chi connectivity index (χ4n) is 3.09. The minimum absolute atomic E-state index is 0.127. The molecule has 0 aromatic carbocycles. The summed E-state index contributed by atoms with van der Waals surface area (Å²) in [5, 5.41) is 9.95. The predicted octanol–water partition coefficient (Wildman–Crippen LogP) is 1.57. The van der Waals surface area contributed by atoms with E-state index in [2.05, 4.69) is 14.9 Å². The van der Waals surface area contributed by atoms with E-state index >= 15 is 0 Å². The van der Waals surface area contributed by atoms with Gasteiger partial charge in [-0.1, -0.05) is 11.6 Å². The minimum atomic E-state index is -0.404. The Balaban J connectivity index is 1.78. The second-order valence-electron chi connectivity index (χ2n) is 6.10. The van der Waals surface area contributed by atoms with Crippen LogP contribution in [0.5, 0.6) is 0 Å². The average molecular weight is 325 g/mol. The zero-order valence-electron chi connectivity index (χ0n) is 12.7. The maximum atomic E-state index is 12.7. The van der Waals surface area contributed by atoms with Gasteiger partial charge in [-0.05, 0) is 26.2 Å². The number of hydrogen-bond donors (Lipinski definition) is 1. The van der Waals surface area contributed by atoms with Gasteiger partial charge < -0.3 is 14.9 Å². The highest BCUT2D eigenvalue weighted by Gasteiger charge is 2.31. The zero-order chi connectivity index (χ0) is 15.7. The molecule has 2 saturated heterocycles. The number of hydrogen-bond acceptors (Lipinski definition) is 5. The molecule has 1 amide bonds. The van der Waals surface area contributed by atoms with E-state index in [1.807, 2.05) is 0 Å². The van der Waals surface area contributed by atoms with Crippen molar-refractivity contribution in [3.63, 3.8) is 0 Å². The highest BCUT2D eigenvalue weighted by atomic mass is 35.5. The molecule has 2 aliphatic heterocycles. The molecule has 22 heavy (non-hydrogen) atoms. The third-order valence-corrected chi connectivity index (χ3v) is 4.79. The third-order valence-electron chi connectivity index (χ3n) is 4.52. The van der Waals surface area contributed by atoms with Crippen LogP contribution in [-0.4, -0.2) is 58.2 Å². The van der Waals surface area contributed by atoms with Crippen LogP contribution in [0.25, 0.3) is 0 Å². The number of rotatable bonds is 3. The lowest BCUT2D eigenvalue weighted by atomic mass is 10.0. The number of anilines is 1. The Hall–Kier alpha value is -1.40. The SMILES string of the molecule is CC(O)C1CCN(C(=O)c2nc(N3CCCC3)ncc2Cl)C1. The molecule has 2 unspecified atom stereocenters. The molecular formula is C15H21ClN4O2. The number of aliphatic hydroxyl groups excluding tert-OH is 1. The third kappa shape index (κ3) is 3.03. The fraction of sp³-hybridized carbons (Fsp3) is 0.667. The molecule has 7 heteroatoms. The van der Waals surface area contributed by atoms with Gasteiger partial charge >= 0.3 is 0 Å². The fourth-order valence-corrected chi connectivity index (χ4v) is 3.26. The first-order valence-electron chi connectivity index (χ1n) is 7.81. The van der Waals surface area contributed by atoms with Gasteiger partial charge in [0.05, 0.1) is 17.3 Å². The van der Waals surface area contributed by atoms with Gasteiger partial charge in [0.15, 0.2) is 5.69 Å². The van der Waals surface area contributed by atoms with Crippen molar-refractivity contribution in [2.24, 2.45) is 5.92 Å². The number of carbonyl (C=O) groups excluding carboxylic acids is 1. The maximum Gasteiger partial charge on any atom is 0.274 e. The van der Waals surface area contributed by atoms with Crippen molar-refractivity contribution < 1.29 is 9.90 Å². The number of amides is 1. The monoisotopic (exact) mass is 324 g/mol. The van der Waals surface area contributed by atoms with Crippen molar-refractivity contribution in [3.05, 3.63) is 16.9 Å². The molecule has 0 bridgehead atoms. The molecule has 3 rings (SSSR count). The van der Waals surface area contributed by atoms with E-state index in [1.54, 1.807) is 11.8 Å². The van der Waals surface area contributed by atoms with Crippen LogP contribution in [0.4, 0.5) is 5.95 Å². The summed E-state index contributed by atoms with van der Waals surface area (Å²) in [5.41, 5.74) is 0.268. The molecule has 120 valence electrons. The Morgan fingerprint density at radius 2 is 2.14 bits per heavy atom. The standard InChI is InChI=1S/C15H21ClN4O2/c1-10(21)11-4-7-20(9-11)14(22)13-12(16)8-17-15(18-13)19-5-2-3-6-19/h8,10-11,21H,2-7,9H2,1H3. The van der Waals surface area contributed by atoms with Gasteiger partial charge in [-0.25, -0.2) is 9.97 Å². The van der Waals surface area contributed by atoms with Gasteiger partial charge in [0.25, 0.3) is 5.91 Å². The first-order chi connectivity index (χ1) is 10.6. The van der Waals surface area contributed by atoms with Crippen LogP contribution in [0.15, 0.2) is 6.20 Å². The summed E-state index contributed by atoms with van der Waals surface area (Å²) in [7, 11) is 0. The van der Waals surface area contributed by atoms with Crippen molar-refractivity contribution in [2.45, 2.75) is 32.3 Å². The summed E-state index contributed by atoms with van der Waals surface area (Å²) in [6.45, 7) is 4.79. The zero-order valence-corrected chi connectivity index (χ0v) is 13.5. The average Bonchev–Trinajstić information content (AvgIpc) is 3.18. The molecule has 2 aliphatic rings. The summed E-state index contributed by atoms with van der Waals surface area (Å²) >= 11 is 6.13. The predicted molar refractivity (Wildman–Crippen MR) is 84.2 cm³/mol. The molecule has 6 nitrogen and oxygen atoms in total. The Labute approximate surface area is 135 Å². The smallest absolute Gasteiger partial charge is 0.274 e. The molecular weight excluding hydrogens is 304 g/mol. The molecule has 1 aromatic rings. The second-order valence-corrected chi connectivity index (χ2v) is 6.51. The van der Waals surface area contributed by atoms with E-state index in [1.165, 1.54) is 6.20 Å². The topological polar surface area (TPSA) is 69.6 Å². The number of aromatic nitrogens is 2. The van der Waals surface area contributed by atoms with Crippen LogP contribution in [0.1, 0.15) is 36.7 Å². The maximum absolute atomic E-state index is 12.7. The first kappa shape index (κ1) is 15.5. The highest BCUT2D eigenvalue weighted by molar-refractivity contribution is 6.33. The molecule has 1 aromatic heterocycles. The lowest BCUT2D eigenvalue weighted by Crippen LogP contribution is -2.32. The van der Waals surface area contributed by atoms with E-state index in [4.69, 9.17) is 11.6 Å². The molecule has 0 aliphatic carbocycles. The minimum Gasteiger partial charge on any atom is -0.393 e. The van der Waals surface area contributed by atoms with Crippen LogP contribution < -0.4 is 4.90 Å². The summed E-state index contributed by atoms with van der Waals surface area (Å²) < 4.78 is 0. The lowest BCUT2D eigenvalue weighted by molar-refractivity contribution is 0.0757. The van der Waals surface area contributed by atoms with Gasteiger partial charge in [-0.2, -0.15) is 0 Å². The number of nitrogens with zero attached hydrogens (tertiary/aromatic N) is 4. The summed E-state index contributed by atoms with van der Waals surface area (Å²) in [4.78, 5) is 25.1. The Bertz CT molecular complexity index is 560. The van der Waals surface area contributed by atoms with Crippen molar-refractivity contribution in [2.75, 3.05) is 31.1 Å². The molecule has 3 heterocycles. The molecule has 0 saturated carbocycles. The van der Waals surface area contributed by atoms with Crippen LogP contribution in [0, 0.1) is 5.92 Å². The van der Waals surface area contributed by atoms with Crippen molar-refractivity contribution in [3.8, 4) is 0 Å². The highest BCUT2D eigenvalue weighted by Crippen LogP contribution is 2.25. The quantitative estimate of drug-likeness (QED) is 0.914. The van der Waals surface area contributed by atoms with Crippen LogP contribution in [0.2, 0.25) is 5.02 Å². The summed E-state index contributed by atoms with van der Waals surface area (Å²) in [6, 6.07) is 0. The van der Waals surface area contributed by atoms with Gasteiger partial charge in [0.2, 0.25) is 5.95 Å². The number of halogens is 1.